The molecule has 1 amide bonds. The van der Waals surface area contributed by atoms with Crippen LogP contribution < -0.4 is 15.4 Å². The monoisotopic (exact) mass is 332 g/mol. The largest absolute Gasteiger partial charge is 0.495 e. The van der Waals surface area contributed by atoms with Crippen molar-refractivity contribution >= 4 is 28.9 Å². The highest BCUT2D eigenvalue weighted by molar-refractivity contribution is 6.31. The average molecular weight is 333 g/mol. The van der Waals surface area contributed by atoms with Gasteiger partial charge in [-0.15, -0.1) is 0 Å². The number of aryl methyl sites for hydroxylation is 2. The number of nitrogens with one attached hydrogen (secondary N) is 2. The fourth-order valence-electron chi connectivity index (χ4n) is 2.39. The Bertz CT molecular complexity index is 696. The van der Waals surface area contributed by atoms with Crippen molar-refractivity contribution < 1.29 is 9.53 Å². The molecule has 2 rings (SSSR count). The van der Waals surface area contributed by atoms with Crippen LogP contribution >= 0.6 is 11.6 Å². The van der Waals surface area contributed by atoms with Crippen molar-refractivity contribution in [1.82, 2.24) is 0 Å². The number of hydrogen-bond donors (Lipinski definition) is 2. The molecule has 0 radical (unpaired) electrons. The van der Waals surface area contributed by atoms with Gasteiger partial charge in [-0.2, -0.15) is 0 Å². The van der Waals surface area contributed by atoms with Crippen LogP contribution in [-0.4, -0.2) is 19.1 Å². The van der Waals surface area contributed by atoms with E-state index in [1.807, 2.05) is 32.9 Å². The van der Waals surface area contributed by atoms with E-state index in [4.69, 9.17) is 16.3 Å². The number of hydrogen-bond acceptors (Lipinski definition) is 3. The number of carbonyl (C=O) groups is 1. The number of rotatable bonds is 5. The molecule has 0 saturated carbocycles. The SMILES string of the molecule is COc1ccc(Cl)cc1NC(=O)[C@H](C)Nc1cc(C)cc(C)c1. The average Bonchev–Trinajstić information content (AvgIpc) is 2.46. The molecular weight excluding hydrogens is 312 g/mol. The second-order valence-electron chi connectivity index (χ2n) is 5.58. The fourth-order valence-corrected chi connectivity index (χ4v) is 2.56. The zero-order chi connectivity index (χ0) is 17.0. The maximum Gasteiger partial charge on any atom is 0.246 e. The topological polar surface area (TPSA) is 50.4 Å². The highest BCUT2D eigenvalue weighted by Crippen LogP contribution is 2.28. The fraction of sp³-hybridized carbons (Fsp3) is 0.278. The molecule has 5 heteroatoms. The van der Waals surface area contributed by atoms with Crippen molar-refractivity contribution in [2.45, 2.75) is 26.8 Å². The Hall–Kier alpha value is -2.20. The second-order valence-corrected chi connectivity index (χ2v) is 6.01. The number of halogens is 1. The highest BCUT2D eigenvalue weighted by atomic mass is 35.5. The summed E-state index contributed by atoms with van der Waals surface area (Å²) in [4.78, 5) is 12.4. The van der Waals surface area contributed by atoms with Crippen LogP contribution in [0.5, 0.6) is 5.75 Å². The summed E-state index contributed by atoms with van der Waals surface area (Å²) < 4.78 is 5.24. The molecule has 4 nitrogen and oxygen atoms in total. The van der Waals surface area contributed by atoms with E-state index < -0.39 is 6.04 Å². The van der Waals surface area contributed by atoms with Gasteiger partial charge in [0.25, 0.3) is 0 Å². The van der Waals surface area contributed by atoms with Crippen LogP contribution in [-0.2, 0) is 4.79 Å². The van der Waals surface area contributed by atoms with Gasteiger partial charge in [0.2, 0.25) is 5.91 Å². The third-order valence-electron chi connectivity index (χ3n) is 3.42. The van der Waals surface area contributed by atoms with Gasteiger partial charge in [0.05, 0.1) is 12.8 Å². The summed E-state index contributed by atoms with van der Waals surface area (Å²) in [5, 5.41) is 6.59. The van der Waals surface area contributed by atoms with Crippen LogP contribution in [0.4, 0.5) is 11.4 Å². The van der Waals surface area contributed by atoms with E-state index in [9.17, 15) is 4.79 Å². The molecule has 0 aliphatic carbocycles. The first-order valence-electron chi connectivity index (χ1n) is 7.38. The van der Waals surface area contributed by atoms with E-state index in [0.717, 1.165) is 16.8 Å². The first-order chi connectivity index (χ1) is 10.9. The lowest BCUT2D eigenvalue weighted by Gasteiger charge is -2.17. The van der Waals surface area contributed by atoms with Gasteiger partial charge >= 0.3 is 0 Å². The van der Waals surface area contributed by atoms with Gasteiger partial charge in [0, 0.05) is 10.7 Å². The third-order valence-corrected chi connectivity index (χ3v) is 3.65. The molecule has 0 spiro atoms. The minimum Gasteiger partial charge on any atom is -0.495 e. The zero-order valence-electron chi connectivity index (χ0n) is 13.7. The van der Waals surface area contributed by atoms with Gasteiger partial charge in [-0.3, -0.25) is 4.79 Å². The smallest absolute Gasteiger partial charge is 0.246 e. The summed E-state index contributed by atoms with van der Waals surface area (Å²) >= 11 is 5.98. The molecule has 1 atom stereocenters. The van der Waals surface area contributed by atoms with Crippen LogP contribution in [0.15, 0.2) is 36.4 Å². The molecule has 122 valence electrons. The number of benzene rings is 2. The molecule has 2 aromatic rings. The Morgan fingerprint density at radius 3 is 2.39 bits per heavy atom. The Balaban J connectivity index is 2.09. The van der Waals surface area contributed by atoms with Gasteiger partial charge in [0.1, 0.15) is 11.8 Å². The second kappa shape index (κ2) is 7.38. The van der Waals surface area contributed by atoms with Crippen LogP contribution in [0.25, 0.3) is 0 Å². The lowest BCUT2D eigenvalue weighted by Crippen LogP contribution is -2.32. The van der Waals surface area contributed by atoms with Gasteiger partial charge in [-0.1, -0.05) is 17.7 Å². The Kier molecular flexibility index (Phi) is 5.50. The predicted octanol–water partition coefficient (Wildman–Crippen LogP) is 4.40. The van der Waals surface area contributed by atoms with Gasteiger partial charge in [-0.05, 0) is 62.2 Å². The number of amides is 1. The molecule has 23 heavy (non-hydrogen) atoms. The summed E-state index contributed by atoms with van der Waals surface area (Å²) in [6.07, 6.45) is 0. The van der Waals surface area contributed by atoms with Crippen LogP contribution in [0.3, 0.4) is 0 Å². The summed E-state index contributed by atoms with van der Waals surface area (Å²) in [5.74, 6) is 0.408. The number of anilines is 2. The molecule has 2 aromatic carbocycles. The first-order valence-corrected chi connectivity index (χ1v) is 7.76. The van der Waals surface area contributed by atoms with E-state index in [-0.39, 0.29) is 5.91 Å². The Labute approximate surface area is 141 Å². The number of carbonyl (C=O) groups excluding carboxylic acids is 1. The highest BCUT2D eigenvalue weighted by Gasteiger charge is 2.15. The molecule has 0 fully saturated rings. The van der Waals surface area contributed by atoms with E-state index in [2.05, 4.69) is 16.7 Å². The molecule has 0 aliphatic heterocycles. The maximum atomic E-state index is 12.4. The lowest BCUT2D eigenvalue weighted by atomic mass is 10.1. The summed E-state index contributed by atoms with van der Waals surface area (Å²) in [7, 11) is 1.55. The Morgan fingerprint density at radius 1 is 1.13 bits per heavy atom. The van der Waals surface area contributed by atoms with Gasteiger partial charge in [0.15, 0.2) is 0 Å². The quantitative estimate of drug-likeness (QED) is 0.853. The number of methoxy groups -OCH3 is 1. The number of ether oxygens (including phenoxy) is 1. The summed E-state index contributed by atoms with van der Waals surface area (Å²) in [6, 6.07) is 10.8. The van der Waals surface area contributed by atoms with E-state index in [0.29, 0.717) is 16.5 Å². The van der Waals surface area contributed by atoms with Crippen LogP contribution in [0.1, 0.15) is 18.1 Å². The normalized spacial score (nSPS) is 11.7. The lowest BCUT2D eigenvalue weighted by molar-refractivity contribution is -0.116. The van der Waals surface area contributed by atoms with Crippen LogP contribution in [0, 0.1) is 13.8 Å². The molecule has 0 bridgehead atoms. The van der Waals surface area contributed by atoms with Crippen molar-refractivity contribution in [1.29, 1.82) is 0 Å². The van der Waals surface area contributed by atoms with Crippen molar-refractivity contribution in [3.8, 4) is 5.75 Å². The van der Waals surface area contributed by atoms with Crippen molar-refractivity contribution in [2.24, 2.45) is 0 Å². The minimum absolute atomic E-state index is 0.162. The molecule has 0 aliphatic rings. The molecule has 0 unspecified atom stereocenters. The van der Waals surface area contributed by atoms with Crippen molar-refractivity contribution in [2.75, 3.05) is 17.7 Å². The van der Waals surface area contributed by atoms with E-state index in [1.54, 1.807) is 25.3 Å². The van der Waals surface area contributed by atoms with Crippen molar-refractivity contribution in [3.63, 3.8) is 0 Å². The van der Waals surface area contributed by atoms with Gasteiger partial charge < -0.3 is 15.4 Å². The molecular formula is C18H21ClN2O2. The van der Waals surface area contributed by atoms with E-state index >= 15 is 0 Å². The molecule has 2 N–H and O–H groups in total. The summed E-state index contributed by atoms with van der Waals surface area (Å²) in [5.41, 5.74) is 3.77. The Morgan fingerprint density at radius 2 is 1.78 bits per heavy atom. The van der Waals surface area contributed by atoms with Crippen molar-refractivity contribution in [3.05, 3.63) is 52.5 Å². The molecule has 0 aromatic heterocycles. The first kappa shape index (κ1) is 17.2. The van der Waals surface area contributed by atoms with Gasteiger partial charge in [-0.25, -0.2) is 0 Å². The summed E-state index contributed by atoms with van der Waals surface area (Å²) in [6.45, 7) is 5.86. The molecule has 0 saturated heterocycles. The molecule has 0 heterocycles. The van der Waals surface area contributed by atoms with Crippen LogP contribution in [0.2, 0.25) is 5.02 Å². The standard InChI is InChI=1S/C18H21ClN2O2/c1-11-7-12(2)9-15(8-11)20-13(3)18(22)21-16-10-14(19)5-6-17(16)23-4/h5-10,13,20H,1-4H3,(H,21,22)/t13-/m0/s1. The zero-order valence-corrected chi connectivity index (χ0v) is 14.5. The minimum atomic E-state index is -0.403. The third kappa shape index (κ3) is 4.63. The maximum absolute atomic E-state index is 12.4. The van der Waals surface area contributed by atoms with E-state index in [1.165, 1.54) is 0 Å². The predicted molar refractivity (Wildman–Crippen MR) is 95.6 cm³/mol.